The summed E-state index contributed by atoms with van der Waals surface area (Å²) in [5.41, 5.74) is 1.87. The summed E-state index contributed by atoms with van der Waals surface area (Å²) in [6.07, 6.45) is 3.52. The zero-order valence-electron chi connectivity index (χ0n) is 16.1. The SMILES string of the molecule is CC1(C)CC(=O)c2sc(N3CCOCC3)c(C#CC(=O)N3CCCC3)c2C1. The maximum absolute atomic E-state index is 12.7. The van der Waals surface area contributed by atoms with Crippen molar-refractivity contribution >= 4 is 28.0 Å². The first-order valence-electron chi connectivity index (χ1n) is 9.77. The highest BCUT2D eigenvalue weighted by atomic mass is 32.1. The van der Waals surface area contributed by atoms with E-state index in [1.807, 2.05) is 4.90 Å². The van der Waals surface area contributed by atoms with E-state index in [0.29, 0.717) is 19.6 Å². The second-order valence-corrected chi connectivity index (χ2v) is 9.38. The zero-order valence-corrected chi connectivity index (χ0v) is 16.9. The van der Waals surface area contributed by atoms with Gasteiger partial charge in [-0.05, 0) is 30.2 Å². The van der Waals surface area contributed by atoms with Crippen LogP contribution in [-0.2, 0) is 16.0 Å². The predicted molar refractivity (Wildman–Crippen MR) is 106 cm³/mol. The highest BCUT2D eigenvalue weighted by molar-refractivity contribution is 7.18. The molecule has 1 aromatic heterocycles. The Morgan fingerprint density at radius 3 is 2.52 bits per heavy atom. The van der Waals surface area contributed by atoms with Gasteiger partial charge in [-0.1, -0.05) is 19.8 Å². The van der Waals surface area contributed by atoms with E-state index in [-0.39, 0.29) is 17.1 Å². The van der Waals surface area contributed by atoms with Crippen LogP contribution < -0.4 is 4.90 Å². The summed E-state index contributed by atoms with van der Waals surface area (Å²) in [6, 6.07) is 0. The number of hydrogen-bond donors (Lipinski definition) is 0. The first-order chi connectivity index (χ1) is 12.9. The number of morpholine rings is 1. The molecule has 27 heavy (non-hydrogen) atoms. The molecule has 5 nitrogen and oxygen atoms in total. The molecule has 2 saturated heterocycles. The van der Waals surface area contributed by atoms with Gasteiger partial charge in [0.1, 0.15) is 5.00 Å². The third kappa shape index (κ3) is 3.76. The van der Waals surface area contributed by atoms with Gasteiger partial charge < -0.3 is 14.5 Å². The second kappa shape index (κ2) is 7.29. The van der Waals surface area contributed by atoms with Gasteiger partial charge >= 0.3 is 0 Å². The lowest BCUT2D eigenvalue weighted by molar-refractivity contribution is -0.124. The van der Waals surface area contributed by atoms with E-state index < -0.39 is 0 Å². The van der Waals surface area contributed by atoms with E-state index in [4.69, 9.17) is 4.74 Å². The number of likely N-dealkylation sites (tertiary alicyclic amines) is 1. The number of rotatable bonds is 1. The maximum atomic E-state index is 12.7. The van der Waals surface area contributed by atoms with Crippen LogP contribution in [0.2, 0.25) is 0 Å². The third-order valence-corrected chi connectivity index (χ3v) is 6.86. The normalized spacial score (nSPS) is 21.6. The number of fused-ring (bicyclic) bond motifs is 1. The second-order valence-electron chi connectivity index (χ2n) is 8.38. The van der Waals surface area contributed by atoms with Crippen LogP contribution in [0.25, 0.3) is 0 Å². The van der Waals surface area contributed by atoms with Gasteiger partial charge in [0.25, 0.3) is 5.91 Å². The number of carbonyl (C=O) groups is 2. The first-order valence-corrected chi connectivity index (χ1v) is 10.6. The number of amides is 1. The number of hydrogen-bond acceptors (Lipinski definition) is 5. The van der Waals surface area contributed by atoms with Gasteiger partial charge in [0.15, 0.2) is 5.78 Å². The molecule has 1 aliphatic carbocycles. The van der Waals surface area contributed by atoms with Crippen molar-refractivity contribution in [3.05, 3.63) is 16.0 Å². The Bertz CT molecular complexity index is 818. The van der Waals surface area contributed by atoms with Crippen LogP contribution in [0.15, 0.2) is 0 Å². The summed E-state index contributed by atoms with van der Waals surface area (Å²) in [5.74, 6) is 6.17. The Morgan fingerprint density at radius 1 is 1.11 bits per heavy atom. The molecule has 2 fully saturated rings. The number of carbonyl (C=O) groups excluding carboxylic acids is 2. The standard InChI is InChI=1S/C21H26N2O3S/c1-21(2)13-16-15(5-6-18(25)22-7-3-4-8-22)20(23-9-11-26-12-10-23)27-19(16)17(24)14-21/h3-4,7-14H2,1-2H3. The fourth-order valence-corrected chi connectivity index (χ4v) is 5.40. The molecule has 3 aliphatic rings. The molecule has 3 heterocycles. The van der Waals surface area contributed by atoms with Crippen molar-refractivity contribution in [1.82, 2.24) is 4.90 Å². The van der Waals surface area contributed by atoms with E-state index in [9.17, 15) is 9.59 Å². The fraction of sp³-hybridized carbons (Fsp3) is 0.619. The maximum Gasteiger partial charge on any atom is 0.298 e. The van der Waals surface area contributed by atoms with E-state index in [1.165, 1.54) is 0 Å². The summed E-state index contributed by atoms with van der Waals surface area (Å²) >= 11 is 1.55. The van der Waals surface area contributed by atoms with Crippen LogP contribution >= 0.6 is 11.3 Å². The quantitative estimate of drug-likeness (QED) is 0.697. The molecule has 0 spiro atoms. The topological polar surface area (TPSA) is 49.9 Å². The Kier molecular flexibility index (Phi) is 5.00. The monoisotopic (exact) mass is 386 g/mol. The van der Waals surface area contributed by atoms with Crippen LogP contribution in [0.1, 0.15) is 53.9 Å². The van der Waals surface area contributed by atoms with Crippen LogP contribution in [-0.4, -0.2) is 56.0 Å². The smallest absolute Gasteiger partial charge is 0.298 e. The molecular weight excluding hydrogens is 360 g/mol. The molecule has 144 valence electrons. The van der Waals surface area contributed by atoms with Gasteiger partial charge in [0.05, 0.1) is 23.7 Å². The number of thiophene rings is 1. The van der Waals surface area contributed by atoms with Gasteiger partial charge in [-0.25, -0.2) is 0 Å². The number of nitrogens with zero attached hydrogens (tertiary/aromatic N) is 2. The van der Waals surface area contributed by atoms with Crippen molar-refractivity contribution in [3.63, 3.8) is 0 Å². The Balaban J connectivity index is 1.73. The minimum absolute atomic E-state index is 0.0666. The number of Topliss-reactive ketones (excluding diaryl/α,β-unsaturated/α-hetero) is 1. The third-order valence-electron chi connectivity index (χ3n) is 5.52. The molecule has 0 N–H and O–H groups in total. The minimum atomic E-state index is -0.0956. The highest BCUT2D eigenvalue weighted by Gasteiger charge is 2.36. The van der Waals surface area contributed by atoms with Crippen molar-refractivity contribution in [1.29, 1.82) is 0 Å². The number of anilines is 1. The van der Waals surface area contributed by atoms with Crippen molar-refractivity contribution < 1.29 is 14.3 Å². The van der Waals surface area contributed by atoms with Crippen molar-refractivity contribution in [2.24, 2.45) is 5.41 Å². The van der Waals surface area contributed by atoms with Crippen LogP contribution in [0.3, 0.4) is 0 Å². The lowest BCUT2D eigenvalue weighted by Crippen LogP contribution is -2.36. The van der Waals surface area contributed by atoms with Gasteiger partial charge in [0, 0.05) is 38.5 Å². The first kappa shape index (κ1) is 18.5. The molecular formula is C21H26N2O3S. The molecule has 0 saturated carbocycles. The Morgan fingerprint density at radius 2 is 1.81 bits per heavy atom. The highest BCUT2D eigenvalue weighted by Crippen LogP contribution is 2.44. The minimum Gasteiger partial charge on any atom is -0.378 e. The lowest BCUT2D eigenvalue weighted by Gasteiger charge is -2.29. The summed E-state index contributed by atoms with van der Waals surface area (Å²) in [7, 11) is 0. The average Bonchev–Trinajstić information content (AvgIpc) is 3.28. The van der Waals surface area contributed by atoms with Gasteiger partial charge in [0.2, 0.25) is 0 Å². The molecule has 2 aliphatic heterocycles. The Labute approximate surface area is 164 Å². The van der Waals surface area contributed by atoms with E-state index >= 15 is 0 Å². The summed E-state index contributed by atoms with van der Waals surface area (Å²) in [6.45, 7) is 8.83. The molecule has 0 radical (unpaired) electrons. The number of ketones is 1. The fourth-order valence-electron chi connectivity index (χ4n) is 4.14. The van der Waals surface area contributed by atoms with Crippen molar-refractivity contribution in [3.8, 4) is 11.8 Å². The van der Waals surface area contributed by atoms with E-state index in [1.54, 1.807) is 11.3 Å². The Hall–Kier alpha value is -1.84. The molecule has 0 atom stereocenters. The van der Waals surface area contributed by atoms with Crippen molar-refractivity contribution in [2.45, 2.75) is 39.5 Å². The van der Waals surface area contributed by atoms with E-state index in [2.05, 4.69) is 30.6 Å². The summed E-state index contributed by atoms with van der Waals surface area (Å²) < 4.78 is 5.48. The van der Waals surface area contributed by atoms with Crippen LogP contribution in [0, 0.1) is 17.3 Å². The summed E-state index contributed by atoms with van der Waals surface area (Å²) in [4.78, 5) is 30.1. The lowest BCUT2D eigenvalue weighted by atomic mass is 9.75. The zero-order chi connectivity index (χ0) is 19.0. The van der Waals surface area contributed by atoms with Crippen LogP contribution in [0.4, 0.5) is 5.00 Å². The average molecular weight is 387 g/mol. The molecule has 4 rings (SSSR count). The van der Waals surface area contributed by atoms with E-state index in [0.717, 1.165) is 66.4 Å². The van der Waals surface area contributed by atoms with Gasteiger partial charge in [-0.2, -0.15) is 0 Å². The summed E-state index contributed by atoms with van der Waals surface area (Å²) in [5, 5.41) is 1.04. The molecule has 0 aromatic carbocycles. The van der Waals surface area contributed by atoms with Crippen LogP contribution in [0.5, 0.6) is 0 Å². The van der Waals surface area contributed by atoms with Gasteiger partial charge in [-0.3, -0.25) is 9.59 Å². The molecule has 0 bridgehead atoms. The van der Waals surface area contributed by atoms with Gasteiger partial charge in [-0.15, -0.1) is 11.3 Å². The molecule has 1 amide bonds. The predicted octanol–water partition coefficient (Wildman–Crippen LogP) is 2.71. The molecule has 6 heteroatoms. The molecule has 1 aromatic rings. The largest absolute Gasteiger partial charge is 0.378 e. The molecule has 0 unspecified atom stereocenters. The van der Waals surface area contributed by atoms with Crippen molar-refractivity contribution in [2.75, 3.05) is 44.3 Å². The number of ether oxygens (including phenoxy) is 1.